The number of rotatable bonds is 3. The Hall–Kier alpha value is -2.11. The van der Waals surface area contributed by atoms with E-state index in [0.717, 1.165) is 0 Å². The number of carbonyl (C=O) groups excluding carboxylic acids is 2. The third-order valence-corrected chi connectivity index (χ3v) is 2.66. The Bertz CT molecular complexity index is 489. The molecule has 0 spiro atoms. The van der Waals surface area contributed by atoms with Crippen LogP contribution >= 0.6 is 0 Å². The first-order valence-corrected chi connectivity index (χ1v) is 5.40. The molecule has 5 nitrogen and oxygen atoms in total. The molecule has 18 heavy (non-hydrogen) atoms. The molecule has 1 heterocycles. The molecule has 0 aromatic heterocycles. The molecule has 1 fully saturated rings. The maximum absolute atomic E-state index is 13.6. The lowest BCUT2D eigenvalue weighted by atomic mass is 10.1. The molecule has 96 valence electrons. The molecule has 0 radical (unpaired) electrons. The van der Waals surface area contributed by atoms with Crippen molar-refractivity contribution in [3.63, 3.8) is 0 Å². The van der Waals surface area contributed by atoms with Crippen molar-refractivity contribution in [3.05, 3.63) is 35.1 Å². The summed E-state index contributed by atoms with van der Waals surface area (Å²) in [7, 11) is 1.19. The van der Waals surface area contributed by atoms with E-state index in [1.807, 2.05) is 0 Å². The molecule has 1 aliphatic rings. The lowest BCUT2D eigenvalue weighted by molar-refractivity contribution is 0.0595. The van der Waals surface area contributed by atoms with E-state index >= 15 is 0 Å². The van der Waals surface area contributed by atoms with E-state index in [-0.39, 0.29) is 12.1 Å². The summed E-state index contributed by atoms with van der Waals surface area (Å²) in [6, 6.07) is 4.15. The summed E-state index contributed by atoms with van der Waals surface area (Å²) >= 11 is 0. The zero-order chi connectivity index (χ0) is 13.1. The van der Waals surface area contributed by atoms with Gasteiger partial charge in [-0.15, -0.1) is 0 Å². The molecule has 0 atom stereocenters. The average molecular weight is 253 g/mol. The Morgan fingerprint density at radius 2 is 2.33 bits per heavy atom. The predicted octanol–water partition coefficient (Wildman–Crippen LogP) is 1.56. The van der Waals surface area contributed by atoms with Crippen LogP contribution in [0.1, 0.15) is 15.9 Å². The fourth-order valence-electron chi connectivity index (χ4n) is 1.72. The molecule has 0 saturated carbocycles. The van der Waals surface area contributed by atoms with Crippen molar-refractivity contribution < 1.29 is 23.5 Å². The summed E-state index contributed by atoms with van der Waals surface area (Å²) in [5.74, 6) is -1.38. The first kappa shape index (κ1) is 12.3. The van der Waals surface area contributed by atoms with E-state index < -0.39 is 17.9 Å². The van der Waals surface area contributed by atoms with Gasteiger partial charge in [-0.05, 0) is 17.7 Å². The molecule has 1 amide bonds. The van der Waals surface area contributed by atoms with Gasteiger partial charge in [-0.25, -0.2) is 14.0 Å². The topological polar surface area (TPSA) is 55.8 Å². The molecule has 6 heteroatoms. The maximum atomic E-state index is 13.6. The Morgan fingerprint density at radius 1 is 1.56 bits per heavy atom. The molecule has 1 saturated heterocycles. The van der Waals surface area contributed by atoms with Gasteiger partial charge in [0.1, 0.15) is 12.4 Å². The number of cyclic esters (lactones) is 1. The Morgan fingerprint density at radius 3 is 2.89 bits per heavy atom. The minimum absolute atomic E-state index is 0.120. The van der Waals surface area contributed by atoms with E-state index in [9.17, 15) is 14.0 Å². The second kappa shape index (κ2) is 5.03. The monoisotopic (exact) mass is 253 g/mol. The van der Waals surface area contributed by atoms with Crippen LogP contribution in [0.3, 0.4) is 0 Å². The number of esters is 1. The maximum Gasteiger partial charge on any atom is 0.410 e. The molecular weight excluding hydrogens is 241 g/mol. The van der Waals surface area contributed by atoms with Crippen molar-refractivity contribution in [3.8, 4) is 0 Å². The fraction of sp³-hybridized carbons (Fsp3) is 0.333. The summed E-state index contributed by atoms with van der Waals surface area (Å²) in [6.45, 7) is 1.10. The third kappa shape index (κ3) is 2.42. The molecule has 1 aliphatic heterocycles. The van der Waals surface area contributed by atoms with E-state index in [4.69, 9.17) is 4.74 Å². The predicted molar refractivity (Wildman–Crippen MR) is 59.5 cm³/mol. The van der Waals surface area contributed by atoms with Crippen molar-refractivity contribution in [2.75, 3.05) is 20.3 Å². The largest absolute Gasteiger partial charge is 0.465 e. The minimum atomic E-state index is -0.723. The van der Waals surface area contributed by atoms with Crippen LogP contribution in [0, 0.1) is 5.82 Å². The highest BCUT2D eigenvalue weighted by atomic mass is 19.1. The third-order valence-electron chi connectivity index (χ3n) is 2.66. The highest BCUT2D eigenvalue weighted by molar-refractivity contribution is 5.89. The van der Waals surface area contributed by atoms with Gasteiger partial charge < -0.3 is 14.4 Å². The number of ether oxygens (including phenoxy) is 2. The van der Waals surface area contributed by atoms with Gasteiger partial charge in [-0.2, -0.15) is 0 Å². The van der Waals surface area contributed by atoms with E-state index in [2.05, 4.69) is 4.74 Å². The summed E-state index contributed by atoms with van der Waals surface area (Å²) in [6.07, 6.45) is -0.410. The van der Waals surface area contributed by atoms with Crippen molar-refractivity contribution in [2.45, 2.75) is 6.54 Å². The zero-order valence-electron chi connectivity index (χ0n) is 9.81. The van der Waals surface area contributed by atoms with Crippen LogP contribution in [0.5, 0.6) is 0 Å². The van der Waals surface area contributed by atoms with Crippen LogP contribution in [-0.2, 0) is 16.0 Å². The molecular formula is C12H12FNO4. The number of nitrogens with zero attached hydrogens (tertiary/aromatic N) is 1. The van der Waals surface area contributed by atoms with Crippen LogP contribution in [0.15, 0.2) is 18.2 Å². The summed E-state index contributed by atoms with van der Waals surface area (Å²) < 4.78 is 22.8. The Labute approximate surface area is 103 Å². The summed E-state index contributed by atoms with van der Waals surface area (Å²) in [4.78, 5) is 23.9. The Kier molecular flexibility index (Phi) is 3.45. The van der Waals surface area contributed by atoms with Crippen LogP contribution in [-0.4, -0.2) is 37.2 Å². The molecule has 1 aromatic carbocycles. The van der Waals surface area contributed by atoms with Crippen LogP contribution in [0.2, 0.25) is 0 Å². The number of methoxy groups -OCH3 is 1. The highest BCUT2D eigenvalue weighted by Gasteiger charge is 2.22. The molecule has 0 bridgehead atoms. The van der Waals surface area contributed by atoms with Gasteiger partial charge in [0, 0.05) is 6.54 Å². The molecule has 0 unspecified atom stereocenters. The van der Waals surface area contributed by atoms with Crippen molar-refractivity contribution in [1.29, 1.82) is 0 Å². The number of hydrogen-bond donors (Lipinski definition) is 0. The number of halogens is 1. The lowest BCUT2D eigenvalue weighted by Crippen LogP contribution is -2.23. The van der Waals surface area contributed by atoms with Gasteiger partial charge in [0.25, 0.3) is 0 Å². The van der Waals surface area contributed by atoms with Gasteiger partial charge in [0.05, 0.1) is 19.2 Å². The van der Waals surface area contributed by atoms with Gasteiger partial charge >= 0.3 is 12.1 Å². The number of amides is 1. The van der Waals surface area contributed by atoms with Crippen LogP contribution < -0.4 is 0 Å². The van der Waals surface area contributed by atoms with E-state index in [0.29, 0.717) is 18.7 Å². The first-order valence-electron chi connectivity index (χ1n) is 5.40. The minimum Gasteiger partial charge on any atom is -0.465 e. The average Bonchev–Trinajstić information content (AvgIpc) is 2.74. The normalized spacial score (nSPS) is 14.6. The quantitative estimate of drug-likeness (QED) is 0.767. The van der Waals surface area contributed by atoms with Crippen LogP contribution in [0.25, 0.3) is 0 Å². The van der Waals surface area contributed by atoms with Gasteiger partial charge in [0.2, 0.25) is 0 Å². The van der Waals surface area contributed by atoms with E-state index in [1.54, 1.807) is 6.07 Å². The fourth-order valence-corrected chi connectivity index (χ4v) is 1.72. The zero-order valence-corrected chi connectivity index (χ0v) is 9.81. The smallest absolute Gasteiger partial charge is 0.410 e. The SMILES string of the molecule is COC(=O)c1ccc(CN2CCOC2=O)cc1F. The van der Waals surface area contributed by atoms with E-state index in [1.165, 1.54) is 24.1 Å². The Balaban J connectivity index is 2.13. The summed E-state index contributed by atoms with van der Waals surface area (Å²) in [5.41, 5.74) is 0.476. The highest BCUT2D eigenvalue weighted by Crippen LogP contribution is 2.15. The molecule has 1 aromatic rings. The number of carbonyl (C=O) groups is 2. The molecule has 0 aliphatic carbocycles. The first-order chi connectivity index (χ1) is 8.61. The van der Waals surface area contributed by atoms with Gasteiger partial charge in [-0.3, -0.25) is 0 Å². The van der Waals surface area contributed by atoms with Gasteiger partial charge in [-0.1, -0.05) is 6.07 Å². The van der Waals surface area contributed by atoms with Crippen molar-refractivity contribution in [2.24, 2.45) is 0 Å². The number of hydrogen-bond acceptors (Lipinski definition) is 4. The summed E-state index contributed by atoms with van der Waals surface area (Å²) in [5, 5.41) is 0. The van der Waals surface area contributed by atoms with Gasteiger partial charge in [0.15, 0.2) is 0 Å². The molecule has 2 rings (SSSR count). The standard InChI is InChI=1S/C12H12FNO4/c1-17-11(15)9-3-2-8(6-10(9)13)7-14-4-5-18-12(14)16/h2-3,6H,4-5,7H2,1H3. The van der Waals surface area contributed by atoms with Crippen LogP contribution in [0.4, 0.5) is 9.18 Å². The van der Waals surface area contributed by atoms with Crippen molar-refractivity contribution in [1.82, 2.24) is 4.90 Å². The van der Waals surface area contributed by atoms with Crippen molar-refractivity contribution >= 4 is 12.1 Å². The molecule has 0 N–H and O–H groups in total. The number of benzene rings is 1. The second-order valence-corrected chi connectivity index (χ2v) is 3.84. The lowest BCUT2D eigenvalue weighted by Gasteiger charge is -2.12. The second-order valence-electron chi connectivity index (χ2n) is 3.84.